The van der Waals surface area contributed by atoms with Crippen LogP contribution in [0.3, 0.4) is 0 Å². The molecular weight excluding hydrogens is 306 g/mol. The van der Waals surface area contributed by atoms with Crippen molar-refractivity contribution in [1.82, 2.24) is 4.90 Å². The van der Waals surface area contributed by atoms with Crippen LogP contribution in [0.15, 0.2) is 12.1 Å². The Morgan fingerprint density at radius 3 is 2.88 bits per heavy atom. The highest BCUT2D eigenvalue weighted by molar-refractivity contribution is 5.68. The Morgan fingerprint density at radius 2 is 2.12 bits per heavy atom. The van der Waals surface area contributed by atoms with Crippen molar-refractivity contribution in [2.75, 3.05) is 19.7 Å². The topological polar surface area (TPSA) is 48.0 Å². The van der Waals surface area contributed by atoms with E-state index >= 15 is 0 Å². The molecular formula is C19H27NO4. The van der Waals surface area contributed by atoms with E-state index in [4.69, 9.17) is 14.2 Å². The van der Waals surface area contributed by atoms with Crippen LogP contribution in [0.1, 0.15) is 44.7 Å². The number of hydrogen-bond acceptors (Lipinski definition) is 4. The summed E-state index contributed by atoms with van der Waals surface area (Å²) in [5, 5.41) is 0. The SMILES string of the molecule is Cc1c(OC2CCN(C(=O)OC(C)(C)C)C2)ccc2c1CCCO2. The average molecular weight is 333 g/mol. The highest BCUT2D eigenvalue weighted by atomic mass is 16.6. The zero-order valence-electron chi connectivity index (χ0n) is 15.1. The van der Waals surface area contributed by atoms with Crippen molar-refractivity contribution in [3.63, 3.8) is 0 Å². The number of carbonyl (C=O) groups excluding carboxylic acids is 1. The van der Waals surface area contributed by atoms with E-state index in [-0.39, 0.29) is 12.2 Å². The van der Waals surface area contributed by atoms with Gasteiger partial charge in [-0.3, -0.25) is 0 Å². The molecule has 2 heterocycles. The lowest BCUT2D eigenvalue weighted by Gasteiger charge is -2.25. The molecule has 132 valence electrons. The van der Waals surface area contributed by atoms with Gasteiger partial charge >= 0.3 is 6.09 Å². The minimum atomic E-state index is -0.467. The summed E-state index contributed by atoms with van der Waals surface area (Å²) in [4.78, 5) is 13.9. The van der Waals surface area contributed by atoms with Gasteiger partial charge in [-0.15, -0.1) is 0 Å². The molecule has 1 aromatic carbocycles. The van der Waals surface area contributed by atoms with Gasteiger partial charge in [-0.25, -0.2) is 4.79 Å². The van der Waals surface area contributed by atoms with E-state index in [0.29, 0.717) is 13.1 Å². The van der Waals surface area contributed by atoms with Crippen LogP contribution in [-0.4, -0.2) is 42.4 Å². The van der Waals surface area contributed by atoms with Gasteiger partial charge in [0, 0.05) is 18.5 Å². The van der Waals surface area contributed by atoms with Gasteiger partial charge in [-0.2, -0.15) is 0 Å². The molecule has 1 fully saturated rings. The first-order valence-corrected chi connectivity index (χ1v) is 8.73. The van der Waals surface area contributed by atoms with Gasteiger partial charge in [0.05, 0.1) is 13.2 Å². The molecule has 0 aliphatic carbocycles. The fourth-order valence-electron chi connectivity index (χ4n) is 3.21. The summed E-state index contributed by atoms with van der Waals surface area (Å²) >= 11 is 0. The van der Waals surface area contributed by atoms with Crippen LogP contribution < -0.4 is 9.47 Å². The van der Waals surface area contributed by atoms with Gasteiger partial charge in [0.2, 0.25) is 0 Å². The standard InChI is InChI=1S/C19H27NO4/c1-13-15-6-5-11-22-17(15)8-7-16(13)23-14-9-10-20(12-14)18(21)24-19(2,3)4/h7-8,14H,5-6,9-12H2,1-4H3. The van der Waals surface area contributed by atoms with Crippen molar-refractivity contribution in [3.8, 4) is 11.5 Å². The number of carbonyl (C=O) groups is 1. The third-order valence-electron chi connectivity index (χ3n) is 4.42. The molecule has 0 bridgehead atoms. The zero-order chi connectivity index (χ0) is 17.3. The maximum atomic E-state index is 12.1. The molecule has 1 aromatic rings. The van der Waals surface area contributed by atoms with E-state index in [0.717, 1.165) is 42.9 Å². The molecule has 24 heavy (non-hydrogen) atoms. The summed E-state index contributed by atoms with van der Waals surface area (Å²) in [6, 6.07) is 3.98. The molecule has 1 atom stereocenters. The number of fused-ring (bicyclic) bond motifs is 1. The van der Waals surface area contributed by atoms with Gasteiger partial charge in [-0.05, 0) is 58.2 Å². The van der Waals surface area contributed by atoms with Crippen LogP contribution in [-0.2, 0) is 11.2 Å². The number of likely N-dealkylation sites (tertiary alicyclic amines) is 1. The van der Waals surface area contributed by atoms with Crippen molar-refractivity contribution in [3.05, 3.63) is 23.3 Å². The number of nitrogens with zero attached hydrogens (tertiary/aromatic N) is 1. The van der Waals surface area contributed by atoms with Crippen molar-refractivity contribution in [2.45, 2.75) is 58.7 Å². The second-order valence-electron chi connectivity index (χ2n) is 7.57. The van der Waals surface area contributed by atoms with Crippen molar-refractivity contribution in [2.24, 2.45) is 0 Å². The third kappa shape index (κ3) is 3.77. The Balaban J connectivity index is 1.63. The van der Waals surface area contributed by atoms with Crippen molar-refractivity contribution < 1.29 is 19.0 Å². The van der Waals surface area contributed by atoms with Gasteiger partial charge in [0.15, 0.2) is 0 Å². The molecule has 1 amide bonds. The lowest BCUT2D eigenvalue weighted by molar-refractivity contribution is 0.0275. The largest absolute Gasteiger partial charge is 0.493 e. The van der Waals surface area contributed by atoms with E-state index in [1.165, 1.54) is 5.56 Å². The monoisotopic (exact) mass is 333 g/mol. The molecule has 0 spiro atoms. The maximum Gasteiger partial charge on any atom is 0.410 e. The molecule has 0 radical (unpaired) electrons. The van der Waals surface area contributed by atoms with Crippen LogP contribution in [0.4, 0.5) is 4.79 Å². The highest BCUT2D eigenvalue weighted by Gasteiger charge is 2.31. The summed E-state index contributed by atoms with van der Waals surface area (Å²) in [7, 11) is 0. The predicted molar refractivity (Wildman–Crippen MR) is 91.8 cm³/mol. The van der Waals surface area contributed by atoms with Crippen LogP contribution in [0.25, 0.3) is 0 Å². The zero-order valence-corrected chi connectivity index (χ0v) is 15.1. The summed E-state index contributed by atoms with van der Waals surface area (Å²) in [6.07, 6.45) is 2.66. The maximum absolute atomic E-state index is 12.1. The fourth-order valence-corrected chi connectivity index (χ4v) is 3.21. The summed E-state index contributed by atoms with van der Waals surface area (Å²) in [6.45, 7) is 9.77. The van der Waals surface area contributed by atoms with Crippen LogP contribution in [0.2, 0.25) is 0 Å². The Kier molecular flexibility index (Phi) is 4.61. The smallest absolute Gasteiger partial charge is 0.410 e. The van der Waals surface area contributed by atoms with Crippen molar-refractivity contribution in [1.29, 1.82) is 0 Å². The Labute approximate surface area is 143 Å². The van der Waals surface area contributed by atoms with Gasteiger partial charge in [-0.1, -0.05) is 0 Å². The first-order valence-electron chi connectivity index (χ1n) is 8.73. The molecule has 0 N–H and O–H groups in total. The molecule has 5 heteroatoms. The number of ether oxygens (including phenoxy) is 3. The number of hydrogen-bond donors (Lipinski definition) is 0. The molecule has 2 aliphatic heterocycles. The second kappa shape index (κ2) is 6.54. The van der Waals surface area contributed by atoms with E-state index in [1.807, 2.05) is 32.9 Å². The van der Waals surface area contributed by atoms with Gasteiger partial charge in [0.1, 0.15) is 23.2 Å². The molecule has 3 rings (SSSR count). The van der Waals surface area contributed by atoms with E-state index in [1.54, 1.807) is 4.90 Å². The summed E-state index contributed by atoms with van der Waals surface area (Å²) < 4.78 is 17.3. The third-order valence-corrected chi connectivity index (χ3v) is 4.42. The van der Waals surface area contributed by atoms with Crippen molar-refractivity contribution >= 4 is 6.09 Å². The molecule has 2 aliphatic rings. The minimum Gasteiger partial charge on any atom is -0.493 e. The summed E-state index contributed by atoms with van der Waals surface area (Å²) in [5.41, 5.74) is 1.94. The number of benzene rings is 1. The average Bonchev–Trinajstić information content (AvgIpc) is 2.97. The Morgan fingerprint density at radius 1 is 1.33 bits per heavy atom. The highest BCUT2D eigenvalue weighted by Crippen LogP contribution is 2.34. The van der Waals surface area contributed by atoms with Gasteiger partial charge in [0.25, 0.3) is 0 Å². The van der Waals surface area contributed by atoms with Gasteiger partial charge < -0.3 is 19.1 Å². The minimum absolute atomic E-state index is 0.0128. The molecule has 0 aromatic heterocycles. The summed E-state index contributed by atoms with van der Waals surface area (Å²) in [5.74, 6) is 1.88. The van der Waals surface area contributed by atoms with E-state index in [9.17, 15) is 4.79 Å². The fraction of sp³-hybridized carbons (Fsp3) is 0.632. The molecule has 5 nitrogen and oxygen atoms in total. The molecule has 0 saturated carbocycles. The number of amides is 1. The predicted octanol–water partition coefficient (Wildman–Crippen LogP) is 3.71. The Hall–Kier alpha value is -1.91. The van der Waals surface area contributed by atoms with Crippen LogP contribution >= 0.6 is 0 Å². The van der Waals surface area contributed by atoms with Crippen LogP contribution in [0.5, 0.6) is 11.5 Å². The quantitative estimate of drug-likeness (QED) is 0.828. The molecule has 1 saturated heterocycles. The first kappa shape index (κ1) is 16.9. The van der Waals surface area contributed by atoms with Crippen LogP contribution in [0, 0.1) is 6.92 Å². The normalized spacial score (nSPS) is 20.3. The number of rotatable bonds is 2. The lowest BCUT2D eigenvalue weighted by Crippen LogP contribution is -2.36. The van der Waals surface area contributed by atoms with E-state index in [2.05, 4.69) is 6.92 Å². The van der Waals surface area contributed by atoms with E-state index < -0.39 is 5.60 Å². The first-order chi connectivity index (χ1) is 11.3. The molecule has 1 unspecified atom stereocenters. The Bertz CT molecular complexity index is 621. The lowest BCUT2D eigenvalue weighted by atomic mass is 10.00. The second-order valence-corrected chi connectivity index (χ2v) is 7.57.